The van der Waals surface area contributed by atoms with Crippen LogP contribution in [0.5, 0.6) is 0 Å². The number of halogens is 1. The van der Waals surface area contributed by atoms with Gasteiger partial charge >= 0.3 is 0 Å². The Morgan fingerprint density at radius 3 is 2.69 bits per heavy atom. The van der Waals surface area contributed by atoms with Gasteiger partial charge in [-0.25, -0.2) is 0 Å². The van der Waals surface area contributed by atoms with E-state index in [1.807, 2.05) is 18.4 Å². The Hall–Kier alpha value is -0.380. The predicted molar refractivity (Wildman–Crippen MR) is 123 cm³/mol. The third-order valence-electron chi connectivity index (χ3n) is 4.79. The average Bonchev–Trinajstić information content (AvgIpc) is 3.02. The number of nitrogens with zero attached hydrogens (tertiary/aromatic N) is 2. The Morgan fingerprint density at radius 1 is 1.38 bits per heavy atom. The molecular weight excluding hydrogens is 459 g/mol. The molecule has 0 saturated carbocycles. The van der Waals surface area contributed by atoms with E-state index in [9.17, 15) is 0 Å². The summed E-state index contributed by atoms with van der Waals surface area (Å²) in [6.07, 6.45) is 3.53. The second-order valence-corrected chi connectivity index (χ2v) is 8.37. The van der Waals surface area contributed by atoms with Gasteiger partial charge in [-0.3, -0.25) is 4.99 Å². The highest BCUT2D eigenvalue weighted by atomic mass is 127. The quantitative estimate of drug-likeness (QED) is 0.331. The summed E-state index contributed by atoms with van der Waals surface area (Å²) in [6, 6.07) is 4.80. The zero-order valence-electron chi connectivity index (χ0n) is 16.6. The van der Waals surface area contributed by atoms with Gasteiger partial charge in [0.1, 0.15) is 0 Å². The van der Waals surface area contributed by atoms with Crippen LogP contribution in [-0.4, -0.2) is 63.8 Å². The average molecular weight is 494 g/mol. The minimum atomic E-state index is 0. The van der Waals surface area contributed by atoms with Crippen LogP contribution in [0.25, 0.3) is 0 Å². The van der Waals surface area contributed by atoms with Crippen molar-refractivity contribution < 1.29 is 4.74 Å². The molecule has 2 N–H and O–H groups in total. The Labute approximate surface area is 180 Å². The van der Waals surface area contributed by atoms with Gasteiger partial charge in [-0.2, -0.15) is 0 Å². The van der Waals surface area contributed by atoms with Crippen molar-refractivity contribution in [2.75, 3.05) is 46.9 Å². The fraction of sp³-hybridized carbons (Fsp3) is 0.737. The molecule has 1 unspecified atom stereocenters. The Bertz CT molecular complexity index is 529. The monoisotopic (exact) mass is 494 g/mol. The lowest BCUT2D eigenvalue weighted by Gasteiger charge is -2.32. The first kappa shape index (κ1) is 23.7. The second kappa shape index (κ2) is 12.9. The number of thiophene rings is 1. The van der Waals surface area contributed by atoms with Crippen molar-refractivity contribution in [2.45, 2.75) is 39.2 Å². The van der Waals surface area contributed by atoms with Gasteiger partial charge in [0.25, 0.3) is 0 Å². The number of piperidine rings is 1. The van der Waals surface area contributed by atoms with Crippen molar-refractivity contribution in [1.29, 1.82) is 0 Å². The first-order valence-corrected chi connectivity index (χ1v) is 10.2. The number of ether oxygens (including phenoxy) is 1. The fourth-order valence-corrected chi connectivity index (χ4v) is 4.27. The molecule has 1 aromatic rings. The van der Waals surface area contributed by atoms with Crippen molar-refractivity contribution in [3.63, 3.8) is 0 Å². The highest BCUT2D eigenvalue weighted by Gasteiger charge is 2.19. The standard InChI is InChI=1S/C19H34N4OS.HI/c1-15(13-18-6-5-16(2)25-18)22-19(20-3)21-14-17-7-9-23(10-8-17)11-12-24-4;/h5-6,15,17H,7-14H2,1-4H3,(H2,20,21,22);1H. The second-order valence-electron chi connectivity index (χ2n) is 6.99. The maximum absolute atomic E-state index is 5.17. The van der Waals surface area contributed by atoms with Crippen LogP contribution >= 0.6 is 35.3 Å². The van der Waals surface area contributed by atoms with E-state index in [2.05, 4.69) is 46.5 Å². The molecule has 0 amide bonds. The molecule has 150 valence electrons. The number of hydrogen-bond acceptors (Lipinski definition) is 4. The highest BCUT2D eigenvalue weighted by Crippen LogP contribution is 2.17. The first-order valence-electron chi connectivity index (χ1n) is 9.34. The molecule has 0 radical (unpaired) electrons. The van der Waals surface area contributed by atoms with E-state index < -0.39 is 0 Å². The topological polar surface area (TPSA) is 48.9 Å². The van der Waals surface area contributed by atoms with Gasteiger partial charge in [-0.15, -0.1) is 35.3 Å². The van der Waals surface area contributed by atoms with Crippen LogP contribution in [0.2, 0.25) is 0 Å². The number of likely N-dealkylation sites (tertiary alicyclic amines) is 1. The van der Waals surface area contributed by atoms with E-state index in [0.717, 1.165) is 38.0 Å². The van der Waals surface area contributed by atoms with E-state index in [4.69, 9.17) is 4.74 Å². The lowest BCUT2D eigenvalue weighted by atomic mass is 9.97. The van der Waals surface area contributed by atoms with Crippen LogP contribution in [-0.2, 0) is 11.2 Å². The normalized spacial score (nSPS) is 17.6. The summed E-state index contributed by atoms with van der Waals surface area (Å²) >= 11 is 1.88. The Morgan fingerprint density at radius 2 is 2.12 bits per heavy atom. The number of nitrogens with one attached hydrogen (secondary N) is 2. The van der Waals surface area contributed by atoms with Gasteiger partial charge < -0.3 is 20.3 Å². The number of guanidine groups is 1. The van der Waals surface area contributed by atoms with Crippen LogP contribution in [0.1, 0.15) is 29.5 Å². The molecule has 1 aromatic heterocycles. The van der Waals surface area contributed by atoms with Gasteiger partial charge in [0.15, 0.2) is 5.96 Å². The summed E-state index contributed by atoms with van der Waals surface area (Å²) < 4.78 is 5.17. The maximum Gasteiger partial charge on any atom is 0.191 e. The van der Waals surface area contributed by atoms with Gasteiger partial charge in [-0.05, 0) is 57.8 Å². The van der Waals surface area contributed by atoms with Crippen LogP contribution in [0.15, 0.2) is 17.1 Å². The van der Waals surface area contributed by atoms with E-state index in [1.165, 1.54) is 35.7 Å². The minimum absolute atomic E-state index is 0. The number of methoxy groups -OCH3 is 1. The fourth-order valence-electron chi connectivity index (χ4n) is 3.25. The lowest BCUT2D eigenvalue weighted by molar-refractivity contribution is 0.121. The molecule has 1 saturated heterocycles. The van der Waals surface area contributed by atoms with E-state index in [1.54, 1.807) is 7.11 Å². The number of rotatable bonds is 8. The molecule has 0 spiro atoms. The molecule has 1 atom stereocenters. The van der Waals surface area contributed by atoms with E-state index in [0.29, 0.717) is 6.04 Å². The summed E-state index contributed by atoms with van der Waals surface area (Å²) in [7, 11) is 3.63. The molecule has 0 bridgehead atoms. The van der Waals surface area contributed by atoms with Crippen LogP contribution < -0.4 is 10.6 Å². The summed E-state index contributed by atoms with van der Waals surface area (Å²) in [5, 5.41) is 7.04. The number of aryl methyl sites for hydroxylation is 1. The third-order valence-corrected chi connectivity index (χ3v) is 5.81. The summed E-state index contributed by atoms with van der Waals surface area (Å²) in [5.41, 5.74) is 0. The van der Waals surface area contributed by atoms with Crippen LogP contribution in [0, 0.1) is 12.8 Å². The van der Waals surface area contributed by atoms with Crippen molar-refractivity contribution in [3.8, 4) is 0 Å². The molecule has 0 aliphatic carbocycles. The molecule has 1 aliphatic rings. The van der Waals surface area contributed by atoms with Crippen molar-refractivity contribution in [1.82, 2.24) is 15.5 Å². The Balaban J connectivity index is 0.00000338. The zero-order valence-corrected chi connectivity index (χ0v) is 19.7. The number of aliphatic imine (C=N–C) groups is 1. The van der Waals surface area contributed by atoms with E-state index in [-0.39, 0.29) is 24.0 Å². The molecule has 1 fully saturated rings. The maximum atomic E-state index is 5.17. The number of hydrogen-bond donors (Lipinski definition) is 2. The first-order chi connectivity index (χ1) is 12.1. The van der Waals surface area contributed by atoms with E-state index >= 15 is 0 Å². The summed E-state index contributed by atoms with van der Waals surface area (Å²) in [4.78, 5) is 9.69. The van der Waals surface area contributed by atoms with Gasteiger partial charge in [-0.1, -0.05) is 0 Å². The van der Waals surface area contributed by atoms with Gasteiger partial charge in [0.2, 0.25) is 0 Å². The molecule has 26 heavy (non-hydrogen) atoms. The molecule has 7 heteroatoms. The van der Waals surface area contributed by atoms with Gasteiger partial charge in [0.05, 0.1) is 6.61 Å². The third kappa shape index (κ3) is 8.54. The lowest BCUT2D eigenvalue weighted by Crippen LogP contribution is -2.46. The molecular formula is C19H35IN4OS. The molecule has 5 nitrogen and oxygen atoms in total. The SMILES string of the molecule is CN=C(NCC1CCN(CCOC)CC1)NC(C)Cc1ccc(C)s1.I. The molecule has 2 heterocycles. The highest BCUT2D eigenvalue weighted by molar-refractivity contribution is 14.0. The molecule has 0 aromatic carbocycles. The largest absolute Gasteiger partial charge is 0.383 e. The van der Waals surface area contributed by atoms with Crippen molar-refractivity contribution in [3.05, 3.63) is 21.9 Å². The van der Waals surface area contributed by atoms with Crippen molar-refractivity contribution >= 4 is 41.3 Å². The molecule has 2 rings (SSSR count). The zero-order chi connectivity index (χ0) is 18.1. The Kier molecular flexibility index (Phi) is 11.7. The van der Waals surface area contributed by atoms with Crippen LogP contribution in [0.4, 0.5) is 0 Å². The van der Waals surface area contributed by atoms with Crippen LogP contribution in [0.3, 0.4) is 0 Å². The minimum Gasteiger partial charge on any atom is -0.383 e. The predicted octanol–water partition coefficient (Wildman–Crippen LogP) is 3.13. The summed E-state index contributed by atoms with van der Waals surface area (Å²) in [5.74, 6) is 1.65. The summed E-state index contributed by atoms with van der Waals surface area (Å²) in [6.45, 7) is 9.62. The smallest absolute Gasteiger partial charge is 0.191 e. The van der Waals surface area contributed by atoms with Crippen molar-refractivity contribution in [2.24, 2.45) is 10.9 Å². The van der Waals surface area contributed by atoms with Gasteiger partial charge in [0, 0.05) is 49.5 Å². The molecule has 1 aliphatic heterocycles.